The molecule has 4 nitrogen and oxygen atoms in total. The molecule has 0 saturated carbocycles. The molecule has 7 aromatic carbocycles. The molecule has 0 spiro atoms. The molecule has 0 amide bonds. The van der Waals surface area contributed by atoms with Gasteiger partial charge in [0.05, 0.1) is 22.3 Å². The van der Waals surface area contributed by atoms with Crippen molar-refractivity contribution < 1.29 is 45.4 Å². The number of phenolic OH excluding ortho intramolecular Hbond substituents is 1. The fourth-order valence-electron chi connectivity index (χ4n) is 9.15. The topological polar surface area (TPSA) is 50.9 Å². The van der Waals surface area contributed by atoms with Crippen molar-refractivity contribution in [2.45, 2.75) is 125 Å². The van der Waals surface area contributed by atoms with Gasteiger partial charge >= 0.3 is 0 Å². The van der Waals surface area contributed by atoms with E-state index in [4.69, 9.17) is 25.0 Å². The number of aromatic hydroxyl groups is 1. The van der Waals surface area contributed by atoms with Crippen molar-refractivity contribution in [1.29, 1.82) is 0 Å². The number of rotatable bonds is 9. The predicted octanol–water partition coefficient (Wildman–Crippen LogP) is 18.4. The van der Waals surface area contributed by atoms with Crippen molar-refractivity contribution in [3.8, 4) is 78.6 Å². The van der Waals surface area contributed by atoms with Crippen LogP contribution in [0.1, 0.15) is 154 Å². The van der Waals surface area contributed by atoms with E-state index in [9.17, 15) is 9.22 Å². The van der Waals surface area contributed by atoms with Gasteiger partial charge in [0.15, 0.2) is 0 Å². The van der Waals surface area contributed by atoms with Crippen LogP contribution in [-0.4, -0.2) is 19.6 Å². The van der Waals surface area contributed by atoms with Crippen LogP contribution in [0.5, 0.6) is 5.75 Å². The Morgan fingerprint density at radius 3 is 1.85 bits per heavy atom. The van der Waals surface area contributed by atoms with Gasteiger partial charge in [-0.2, -0.15) is 0 Å². The summed E-state index contributed by atoms with van der Waals surface area (Å²) in [6, 6.07) is 47.0. The maximum absolute atomic E-state index is 12.7. The first kappa shape index (κ1) is 36.5. The molecule has 9 rings (SSSR count). The number of para-hydroxylation sites is 1. The molecule has 2 heterocycles. The molecule has 0 unspecified atom stereocenters. The maximum atomic E-state index is 12.7. The number of phenols is 1. The summed E-state index contributed by atoms with van der Waals surface area (Å²) in [6.07, 6.45) is 1.60. The minimum absolute atomic E-state index is 0. The van der Waals surface area contributed by atoms with Crippen LogP contribution >= 0.6 is 0 Å². The van der Waals surface area contributed by atoms with Crippen molar-refractivity contribution >= 4 is 11.0 Å². The molecule has 0 fully saturated rings. The Labute approximate surface area is 463 Å². The van der Waals surface area contributed by atoms with E-state index in [0.717, 1.165) is 16.7 Å². The van der Waals surface area contributed by atoms with Gasteiger partial charge in [-0.05, 0) is 121 Å². The fourth-order valence-corrected chi connectivity index (χ4v) is 9.15. The number of pyridine rings is 1. The molecule has 72 heavy (non-hydrogen) atoms. The average molecular weight is 1140 g/mol. The number of aromatic nitrogens is 3. The van der Waals surface area contributed by atoms with Gasteiger partial charge in [0, 0.05) is 57.7 Å². The molecule has 0 aliphatic carbocycles. The first-order chi connectivity index (χ1) is 39.1. The van der Waals surface area contributed by atoms with E-state index in [2.05, 4.69) is 26.8 Å². The molecular formula is C67H70N3OPt-. The number of fused-ring (bicyclic) bond motifs is 1. The maximum Gasteiger partial charge on any atom is 0.148 e. The fraction of sp³-hybridized carbons (Fsp3) is 0.284. The van der Waals surface area contributed by atoms with Crippen molar-refractivity contribution in [2.75, 3.05) is 0 Å². The number of imidazole rings is 1. The van der Waals surface area contributed by atoms with Crippen LogP contribution in [0, 0.1) is 12.9 Å². The van der Waals surface area contributed by atoms with Crippen LogP contribution in [0.25, 0.3) is 83.9 Å². The quantitative estimate of drug-likeness (QED) is 0.147. The smallest absolute Gasteiger partial charge is 0.148 e. The summed E-state index contributed by atoms with van der Waals surface area (Å²) in [5.41, 5.74) is 6.55. The third kappa shape index (κ3) is 10.4. The molecule has 0 saturated heterocycles. The first-order valence-corrected chi connectivity index (χ1v) is 24.0. The summed E-state index contributed by atoms with van der Waals surface area (Å²) < 4.78 is 122. The summed E-state index contributed by atoms with van der Waals surface area (Å²) in [6.45, 7) is 6.54. The Balaban J connectivity index is 0.00000961. The van der Waals surface area contributed by atoms with Gasteiger partial charge in [0.1, 0.15) is 11.6 Å². The summed E-state index contributed by atoms with van der Waals surface area (Å²) >= 11 is 0. The predicted molar refractivity (Wildman–Crippen MR) is 301 cm³/mol. The SMILES string of the molecule is [2H]C([2H])([2H])c1cc(-c2cc(C([2H])(C)C)cc(C([2H])(C)C)c2)ccc1-n1c(-c2cc(C(C)(C)C)cc(C(C)(C)C)c2O)nc2c(-c3[c-]c(-c4cc(-c5ccc(C(C([2H])([2H])[2H])(C([2H])([2H])[2H])C([2H])([2H])[2H])cc5)ccn4)cc(-c4ccccc4)c3)cccc21.[Pt]. The molecule has 9 aromatic rings. The van der Waals surface area contributed by atoms with Gasteiger partial charge in [-0.25, -0.2) is 4.98 Å². The van der Waals surface area contributed by atoms with Crippen LogP contribution in [0.15, 0.2) is 152 Å². The summed E-state index contributed by atoms with van der Waals surface area (Å²) in [4.78, 5) is 10.3. The molecule has 370 valence electrons. The van der Waals surface area contributed by atoms with E-state index >= 15 is 0 Å². The molecule has 2 aromatic heterocycles. The second kappa shape index (κ2) is 19.9. The monoisotopic (exact) mass is 1140 g/mol. The Morgan fingerprint density at radius 1 is 0.569 bits per heavy atom. The number of aryl methyl sites for hydroxylation is 1. The van der Waals surface area contributed by atoms with Gasteiger partial charge in [-0.15, -0.1) is 23.8 Å². The Kier molecular flexibility index (Phi) is 10.1. The van der Waals surface area contributed by atoms with E-state index in [1.165, 1.54) is 24.3 Å². The van der Waals surface area contributed by atoms with E-state index in [1.807, 2.05) is 128 Å². The third-order valence-corrected chi connectivity index (χ3v) is 13.3. The Bertz CT molecular complexity index is 3930. The molecule has 0 bridgehead atoms. The van der Waals surface area contributed by atoms with Crippen LogP contribution < -0.4 is 0 Å². The number of nitrogens with zero attached hydrogens (tertiary/aromatic N) is 3. The van der Waals surface area contributed by atoms with Gasteiger partial charge in [0.25, 0.3) is 0 Å². The zero-order valence-electron chi connectivity index (χ0n) is 56.5. The number of hydrogen-bond donors (Lipinski definition) is 1. The molecule has 0 aliphatic rings. The Morgan fingerprint density at radius 2 is 1.21 bits per heavy atom. The van der Waals surface area contributed by atoms with Gasteiger partial charge in [-0.1, -0.05) is 210 Å². The van der Waals surface area contributed by atoms with Crippen LogP contribution in [0.3, 0.4) is 0 Å². The van der Waals surface area contributed by atoms with Crippen LogP contribution in [0.4, 0.5) is 0 Å². The number of hydrogen-bond acceptors (Lipinski definition) is 3. The van der Waals surface area contributed by atoms with Crippen molar-refractivity contribution in [3.63, 3.8) is 0 Å². The van der Waals surface area contributed by atoms with E-state index < -0.39 is 55.4 Å². The van der Waals surface area contributed by atoms with E-state index in [1.54, 1.807) is 52.1 Å². The molecule has 0 aliphatic heterocycles. The summed E-state index contributed by atoms with van der Waals surface area (Å²) in [5, 5.41) is 12.7. The minimum Gasteiger partial charge on any atom is -0.507 e. The molecule has 5 heteroatoms. The van der Waals surface area contributed by atoms with E-state index in [-0.39, 0.29) is 37.9 Å². The second-order valence-electron chi connectivity index (χ2n) is 21.2. The van der Waals surface area contributed by atoms with Crippen LogP contribution in [-0.2, 0) is 37.3 Å². The average Bonchev–Trinajstić information content (AvgIpc) is 0.889. The third-order valence-electron chi connectivity index (χ3n) is 13.3. The van der Waals surface area contributed by atoms with Crippen LogP contribution in [0.2, 0.25) is 0 Å². The van der Waals surface area contributed by atoms with Gasteiger partial charge in [-0.3, -0.25) is 9.55 Å². The van der Waals surface area contributed by atoms with Gasteiger partial charge < -0.3 is 5.11 Å². The standard InChI is InChI=1S/C67H70N3O.Pt/c1-41(2)48-32-49(42(3)4)34-51(33-48)46-25-28-60(43(5)31-46)70-61-22-18-21-56(62(61)69-64(70)57-39-55(66(9,10)11)40-58(63(57)71)67(12,13)14)52-35-50(44-19-16-15-17-20-44)36-53(37-52)59-38-47(29-30-68-59)45-23-26-54(27-24-45)65(6,7)8;/h15-36,38-42,71H,1-14H3;/q-1;/i5D3,6D3,7D3,8D3,41D,42D;. The molecule has 0 radical (unpaired) electrons. The largest absolute Gasteiger partial charge is 0.507 e. The molecule has 0 atom stereocenters. The summed E-state index contributed by atoms with van der Waals surface area (Å²) in [7, 11) is 0. The van der Waals surface area contributed by atoms with Crippen molar-refractivity contribution in [1.82, 2.24) is 14.5 Å². The zero-order valence-corrected chi connectivity index (χ0v) is 44.8. The first-order valence-electron chi connectivity index (χ1n) is 31.0. The molecule has 1 N–H and O–H groups in total. The zero-order chi connectivity index (χ0) is 62.6. The van der Waals surface area contributed by atoms with Crippen molar-refractivity contribution in [2.24, 2.45) is 0 Å². The normalized spacial score (nSPS) is 16.1. The second-order valence-corrected chi connectivity index (χ2v) is 21.2. The van der Waals surface area contributed by atoms with Crippen molar-refractivity contribution in [3.05, 3.63) is 191 Å². The van der Waals surface area contributed by atoms with E-state index in [0.29, 0.717) is 89.4 Å². The number of benzene rings is 7. The minimum atomic E-state index is -3.42. The molecular weight excluding hydrogens is 1060 g/mol. The Hall–Kier alpha value is -6.35. The summed E-state index contributed by atoms with van der Waals surface area (Å²) in [5.74, 6) is -1.76. The van der Waals surface area contributed by atoms with Gasteiger partial charge in [0.2, 0.25) is 0 Å².